The highest BCUT2D eigenvalue weighted by Gasteiger charge is 2.20. The molecule has 6 nitrogen and oxygen atoms in total. The average molecular weight is 453 g/mol. The zero-order valence-electron chi connectivity index (χ0n) is 18.4. The third-order valence-electron chi connectivity index (χ3n) is 6.04. The first kappa shape index (κ1) is 22.4. The van der Waals surface area contributed by atoms with Crippen molar-refractivity contribution in [2.75, 3.05) is 31.5 Å². The van der Waals surface area contributed by atoms with Gasteiger partial charge in [-0.15, -0.1) is 0 Å². The number of aromatic amines is 1. The minimum atomic E-state index is -0.265. The molecule has 0 aliphatic carbocycles. The van der Waals surface area contributed by atoms with Gasteiger partial charge in [0.15, 0.2) is 0 Å². The van der Waals surface area contributed by atoms with E-state index in [1.165, 1.54) is 18.4 Å². The van der Waals surface area contributed by atoms with Gasteiger partial charge in [-0.3, -0.25) is 4.79 Å². The van der Waals surface area contributed by atoms with Crippen LogP contribution in [0.4, 0.5) is 10.5 Å². The minimum absolute atomic E-state index is 0.168. The van der Waals surface area contributed by atoms with Crippen LogP contribution in [0, 0.1) is 0 Å². The highest BCUT2D eigenvalue weighted by Crippen LogP contribution is 2.21. The lowest BCUT2D eigenvalue weighted by molar-refractivity contribution is 0.197. The number of amides is 2. The number of carbonyl (C=O) groups is 1. The van der Waals surface area contributed by atoms with E-state index in [0.29, 0.717) is 22.8 Å². The lowest BCUT2D eigenvalue weighted by Crippen LogP contribution is -2.41. The number of nitrogens with zero attached hydrogens (tertiary/aromatic N) is 2. The van der Waals surface area contributed by atoms with Gasteiger partial charge in [0.2, 0.25) is 0 Å². The number of H-pyrrole nitrogens is 1. The van der Waals surface area contributed by atoms with Crippen LogP contribution in [0.15, 0.2) is 53.3 Å². The molecule has 32 heavy (non-hydrogen) atoms. The van der Waals surface area contributed by atoms with Gasteiger partial charge in [0.1, 0.15) is 0 Å². The third-order valence-corrected chi connectivity index (χ3v) is 6.37. The third kappa shape index (κ3) is 5.31. The predicted molar refractivity (Wildman–Crippen MR) is 131 cm³/mol. The summed E-state index contributed by atoms with van der Waals surface area (Å²) in [5.41, 5.74) is 2.98. The van der Waals surface area contributed by atoms with Crippen LogP contribution in [0.3, 0.4) is 0 Å². The molecule has 1 aromatic heterocycles. The number of urea groups is 1. The first-order valence-electron chi connectivity index (χ1n) is 11.2. The van der Waals surface area contributed by atoms with Gasteiger partial charge in [-0.2, -0.15) is 0 Å². The lowest BCUT2D eigenvalue weighted by Gasteiger charge is -2.26. The summed E-state index contributed by atoms with van der Waals surface area (Å²) in [7, 11) is 0. The summed E-state index contributed by atoms with van der Waals surface area (Å²) in [5, 5.41) is 4.36. The molecule has 0 bridgehead atoms. The first-order valence-corrected chi connectivity index (χ1v) is 11.6. The summed E-state index contributed by atoms with van der Waals surface area (Å²) in [6, 6.07) is 14.9. The van der Waals surface area contributed by atoms with Gasteiger partial charge in [0.25, 0.3) is 5.56 Å². The van der Waals surface area contributed by atoms with E-state index in [1.54, 1.807) is 17.0 Å². The topological polar surface area (TPSA) is 68.4 Å². The number of anilines is 1. The number of rotatable bonds is 7. The predicted octanol–water partition coefficient (Wildman–Crippen LogP) is 4.87. The maximum atomic E-state index is 13.2. The number of nitrogens with one attached hydrogen (secondary N) is 2. The Labute approximate surface area is 193 Å². The first-order chi connectivity index (χ1) is 15.5. The number of halogens is 1. The van der Waals surface area contributed by atoms with Crippen LogP contribution in [-0.4, -0.2) is 47.0 Å². The van der Waals surface area contributed by atoms with Crippen LogP contribution < -0.4 is 10.9 Å². The van der Waals surface area contributed by atoms with Crippen molar-refractivity contribution < 1.29 is 4.79 Å². The van der Waals surface area contributed by atoms with E-state index in [4.69, 9.17) is 11.6 Å². The number of hydrogen-bond acceptors (Lipinski definition) is 3. The van der Waals surface area contributed by atoms with Crippen LogP contribution in [0.1, 0.15) is 30.9 Å². The minimum Gasteiger partial charge on any atom is -0.322 e. The molecule has 0 atom stereocenters. The SMILES string of the molecule is CCc1ccc2[nH]c(=O)c(CN(CCN3CCCC3)C(=O)Nc3ccccc3Cl)cc2c1. The van der Waals surface area contributed by atoms with Crippen molar-refractivity contribution in [2.45, 2.75) is 32.7 Å². The number of benzene rings is 2. The summed E-state index contributed by atoms with van der Waals surface area (Å²) in [6.45, 7) is 5.75. The molecule has 0 unspecified atom stereocenters. The standard InChI is InChI=1S/C25H29ClN4O2/c1-2-18-9-10-22-19(15-18)16-20(24(31)27-22)17-30(14-13-29-11-5-6-12-29)25(32)28-23-8-4-3-7-21(23)26/h3-4,7-10,15-16H,2,5-6,11-14,17H2,1H3,(H,27,31)(H,28,32). The quantitative estimate of drug-likeness (QED) is 0.537. The molecule has 1 saturated heterocycles. The van der Waals surface area contributed by atoms with E-state index in [-0.39, 0.29) is 18.1 Å². The molecule has 2 amide bonds. The van der Waals surface area contributed by atoms with Crippen LogP contribution in [0.5, 0.6) is 0 Å². The largest absolute Gasteiger partial charge is 0.322 e. The van der Waals surface area contributed by atoms with E-state index in [2.05, 4.69) is 28.2 Å². The molecular formula is C25H29ClN4O2. The number of pyridine rings is 1. The second-order valence-electron chi connectivity index (χ2n) is 8.28. The van der Waals surface area contributed by atoms with Gasteiger partial charge in [-0.05, 0) is 73.6 Å². The van der Waals surface area contributed by atoms with Gasteiger partial charge < -0.3 is 20.1 Å². The molecule has 2 heterocycles. The number of hydrogen-bond donors (Lipinski definition) is 2. The van der Waals surface area contributed by atoms with Crippen molar-refractivity contribution in [3.8, 4) is 0 Å². The highest BCUT2D eigenvalue weighted by molar-refractivity contribution is 6.33. The van der Waals surface area contributed by atoms with Crippen LogP contribution in [0.25, 0.3) is 10.9 Å². The van der Waals surface area contributed by atoms with Crippen molar-refractivity contribution in [2.24, 2.45) is 0 Å². The number of aromatic nitrogens is 1. The average Bonchev–Trinajstić information content (AvgIpc) is 3.31. The zero-order valence-corrected chi connectivity index (χ0v) is 19.1. The van der Waals surface area contributed by atoms with Gasteiger partial charge in [0.05, 0.1) is 17.3 Å². The Morgan fingerprint density at radius 1 is 1.16 bits per heavy atom. The molecule has 1 fully saturated rings. The van der Waals surface area contributed by atoms with E-state index in [1.807, 2.05) is 30.3 Å². The Bertz CT molecular complexity index is 1150. The second-order valence-corrected chi connectivity index (χ2v) is 8.69. The van der Waals surface area contributed by atoms with Gasteiger partial charge >= 0.3 is 6.03 Å². The van der Waals surface area contributed by atoms with Crippen molar-refractivity contribution >= 4 is 34.2 Å². The van der Waals surface area contributed by atoms with E-state index in [9.17, 15) is 9.59 Å². The molecule has 2 N–H and O–H groups in total. The zero-order chi connectivity index (χ0) is 22.5. The molecule has 7 heteroatoms. The van der Waals surface area contributed by atoms with Crippen molar-refractivity contribution in [3.05, 3.63) is 75.0 Å². The van der Waals surface area contributed by atoms with Gasteiger partial charge in [-0.1, -0.05) is 36.7 Å². The number of fused-ring (bicyclic) bond motifs is 1. The maximum Gasteiger partial charge on any atom is 0.322 e. The number of likely N-dealkylation sites (tertiary alicyclic amines) is 1. The fourth-order valence-corrected chi connectivity index (χ4v) is 4.30. The van der Waals surface area contributed by atoms with Crippen LogP contribution >= 0.6 is 11.6 Å². The molecule has 0 saturated carbocycles. The number of carbonyl (C=O) groups excluding carboxylic acids is 1. The second kappa shape index (κ2) is 10.2. The molecular weight excluding hydrogens is 424 g/mol. The van der Waals surface area contributed by atoms with Crippen LogP contribution in [0.2, 0.25) is 5.02 Å². The van der Waals surface area contributed by atoms with Crippen molar-refractivity contribution in [3.63, 3.8) is 0 Å². The van der Waals surface area contributed by atoms with Crippen molar-refractivity contribution in [1.82, 2.24) is 14.8 Å². The Morgan fingerprint density at radius 3 is 2.69 bits per heavy atom. The number of para-hydroxylation sites is 1. The maximum absolute atomic E-state index is 13.2. The fraction of sp³-hybridized carbons (Fsp3) is 0.360. The molecule has 0 spiro atoms. The molecule has 2 aromatic carbocycles. The summed E-state index contributed by atoms with van der Waals surface area (Å²) >= 11 is 6.24. The van der Waals surface area contributed by atoms with E-state index >= 15 is 0 Å². The Kier molecular flexibility index (Phi) is 7.12. The Morgan fingerprint density at radius 2 is 1.94 bits per heavy atom. The summed E-state index contributed by atoms with van der Waals surface area (Å²) in [6.07, 6.45) is 3.30. The summed E-state index contributed by atoms with van der Waals surface area (Å²) in [4.78, 5) is 33.0. The molecule has 1 aliphatic heterocycles. The summed E-state index contributed by atoms with van der Waals surface area (Å²) < 4.78 is 0. The van der Waals surface area contributed by atoms with E-state index < -0.39 is 0 Å². The smallest absolute Gasteiger partial charge is 0.322 e. The Balaban J connectivity index is 1.58. The Hall–Kier alpha value is -2.83. The molecule has 4 rings (SSSR count). The van der Waals surface area contributed by atoms with Gasteiger partial charge in [0, 0.05) is 24.2 Å². The molecule has 0 radical (unpaired) electrons. The highest BCUT2D eigenvalue weighted by atomic mass is 35.5. The summed E-state index contributed by atoms with van der Waals surface area (Å²) in [5.74, 6) is 0. The monoisotopic (exact) mass is 452 g/mol. The number of aryl methyl sites for hydroxylation is 1. The van der Waals surface area contributed by atoms with Gasteiger partial charge in [-0.25, -0.2) is 4.79 Å². The molecule has 3 aromatic rings. The van der Waals surface area contributed by atoms with E-state index in [0.717, 1.165) is 37.0 Å². The normalized spacial score (nSPS) is 14.1. The lowest BCUT2D eigenvalue weighted by atomic mass is 10.1. The van der Waals surface area contributed by atoms with Crippen molar-refractivity contribution in [1.29, 1.82) is 0 Å². The van der Waals surface area contributed by atoms with Crippen LogP contribution in [-0.2, 0) is 13.0 Å². The fourth-order valence-electron chi connectivity index (χ4n) is 4.12. The molecule has 1 aliphatic rings. The molecule has 168 valence electrons.